The number of anilines is 1. The van der Waals surface area contributed by atoms with Gasteiger partial charge in [0.05, 0.1) is 25.1 Å². The second-order valence-electron chi connectivity index (χ2n) is 5.48. The van der Waals surface area contributed by atoms with Crippen molar-refractivity contribution in [2.45, 2.75) is 38.9 Å². The van der Waals surface area contributed by atoms with E-state index in [4.69, 9.17) is 22.3 Å². The van der Waals surface area contributed by atoms with Gasteiger partial charge in [0.15, 0.2) is 0 Å². The van der Waals surface area contributed by atoms with Gasteiger partial charge in [-0.1, -0.05) is 0 Å². The van der Waals surface area contributed by atoms with Crippen molar-refractivity contribution in [2.24, 2.45) is 0 Å². The minimum atomic E-state index is -2.70. The van der Waals surface area contributed by atoms with Gasteiger partial charge in [-0.05, 0) is 33.7 Å². The summed E-state index contributed by atoms with van der Waals surface area (Å²) in [7, 11) is -1.02. The Hall–Kier alpha value is -1.27. The highest BCUT2D eigenvalue weighted by Gasteiger charge is 2.51. The number of rotatable bonds is 1. The van der Waals surface area contributed by atoms with Crippen LogP contribution in [0.2, 0.25) is 0 Å². The Balaban J connectivity index is 2.08. The second kappa shape index (κ2) is 4.11. The van der Waals surface area contributed by atoms with Crippen molar-refractivity contribution in [2.75, 3.05) is 18.4 Å². The summed E-state index contributed by atoms with van der Waals surface area (Å²) in [5.41, 5.74) is -1.46. The maximum atomic E-state index is 8.34. The molecule has 2 aliphatic heterocycles. The average Bonchev–Trinajstić information content (AvgIpc) is 2.60. The summed E-state index contributed by atoms with van der Waals surface area (Å²) in [6.45, 7) is 2.06. The lowest BCUT2D eigenvalue weighted by Crippen LogP contribution is -2.41. The standard InChI is InChI=1S/C13H19BN2O3/c1-12(2)13(3,4)19-14(18-12)9-7-10-11(16-8-9)17-6-5-15-10/h7-8,15H,5-6H2,1-4H3/i5D2,6D2,7D,8D. The monoisotopic (exact) mass is 268 g/mol. The summed E-state index contributed by atoms with van der Waals surface area (Å²) in [6, 6.07) is -0.270. The normalized spacial score (nSPS) is 33.4. The Labute approximate surface area is 122 Å². The SMILES string of the molecule is [2H]c1nc2c(c([2H])c1B1OC(C)(C)C(C)(C)O1)NC([2H])([2H])C([2H])([2H])O2. The predicted octanol–water partition coefficient (Wildman–Crippen LogP) is 1.19. The molecule has 0 bridgehead atoms. The van der Waals surface area contributed by atoms with Crippen LogP contribution in [0.15, 0.2) is 12.2 Å². The van der Waals surface area contributed by atoms with E-state index in [1.54, 1.807) is 0 Å². The third-order valence-corrected chi connectivity index (χ3v) is 3.63. The number of nitrogens with one attached hydrogen (secondary N) is 1. The van der Waals surface area contributed by atoms with E-state index >= 15 is 0 Å². The molecule has 19 heavy (non-hydrogen) atoms. The van der Waals surface area contributed by atoms with Gasteiger partial charge in [0.1, 0.15) is 6.56 Å². The van der Waals surface area contributed by atoms with E-state index in [0.29, 0.717) is 0 Å². The summed E-state index contributed by atoms with van der Waals surface area (Å²) < 4.78 is 63.8. The van der Waals surface area contributed by atoms with Gasteiger partial charge in [0.2, 0.25) is 5.88 Å². The molecule has 3 rings (SSSR count). The Bertz CT molecular complexity index is 727. The van der Waals surface area contributed by atoms with Gasteiger partial charge in [-0.3, -0.25) is 0 Å². The number of hydrogen-bond donors (Lipinski definition) is 1. The highest BCUT2D eigenvalue weighted by Crippen LogP contribution is 2.36. The molecular formula is C13H19BN2O3. The maximum Gasteiger partial charge on any atom is 0.496 e. The highest BCUT2D eigenvalue weighted by atomic mass is 16.7. The van der Waals surface area contributed by atoms with E-state index in [2.05, 4.69) is 10.3 Å². The van der Waals surface area contributed by atoms with E-state index in [9.17, 15) is 0 Å². The first-order valence-electron chi connectivity index (χ1n) is 9.02. The number of nitrogens with zero attached hydrogens (tertiary/aromatic N) is 1. The Morgan fingerprint density at radius 3 is 2.74 bits per heavy atom. The molecule has 0 amide bonds. The van der Waals surface area contributed by atoms with E-state index < -0.39 is 31.4 Å². The third kappa shape index (κ3) is 2.09. The van der Waals surface area contributed by atoms with Crippen LogP contribution >= 0.6 is 0 Å². The molecule has 0 spiro atoms. The molecule has 0 aromatic carbocycles. The van der Waals surface area contributed by atoms with Crippen LogP contribution in [0.1, 0.15) is 35.9 Å². The fraction of sp³-hybridized carbons (Fsp3) is 0.615. The van der Waals surface area contributed by atoms with Crippen molar-refractivity contribution in [3.63, 3.8) is 0 Å². The molecule has 2 aliphatic rings. The molecular weight excluding hydrogens is 243 g/mol. The van der Waals surface area contributed by atoms with Crippen molar-refractivity contribution in [3.8, 4) is 5.88 Å². The molecule has 0 saturated carbocycles. The summed E-state index contributed by atoms with van der Waals surface area (Å²) in [5, 5.41) is 2.32. The topological polar surface area (TPSA) is 52.6 Å². The van der Waals surface area contributed by atoms with E-state index in [1.165, 1.54) is 0 Å². The van der Waals surface area contributed by atoms with Crippen molar-refractivity contribution in [1.29, 1.82) is 0 Å². The zero-order valence-corrected chi connectivity index (χ0v) is 11.2. The van der Waals surface area contributed by atoms with Crippen molar-refractivity contribution in [3.05, 3.63) is 12.2 Å². The van der Waals surface area contributed by atoms with Crippen LogP contribution in [0.4, 0.5) is 5.69 Å². The number of hydrogen-bond acceptors (Lipinski definition) is 5. The number of pyridine rings is 1. The van der Waals surface area contributed by atoms with Crippen LogP contribution < -0.4 is 15.5 Å². The maximum absolute atomic E-state index is 8.34. The fourth-order valence-corrected chi connectivity index (χ4v) is 1.78. The smallest absolute Gasteiger partial charge is 0.474 e. The molecule has 5 nitrogen and oxygen atoms in total. The molecule has 1 saturated heterocycles. The molecule has 0 aliphatic carbocycles. The molecule has 1 aromatic heterocycles. The fourth-order valence-electron chi connectivity index (χ4n) is 1.78. The first-order valence-corrected chi connectivity index (χ1v) is 6.02. The zero-order chi connectivity index (χ0) is 19.0. The molecule has 0 unspecified atom stereocenters. The minimum Gasteiger partial charge on any atom is -0.474 e. The lowest BCUT2D eigenvalue weighted by Gasteiger charge is -2.32. The van der Waals surface area contributed by atoms with Gasteiger partial charge in [-0.2, -0.15) is 0 Å². The van der Waals surface area contributed by atoms with Gasteiger partial charge >= 0.3 is 7.12 Å². The Morgan fingerprint density at radius 2 is 2.05 bits per heavy atom. The largest absolute Gasteiger partial charge is 0.496 e. The molecule has 6 heteroatoms. The van der Waals surface area contributed by atoms with Gasteiger partial charge in [0.25, 0.3) is 0 Å². The second-order valence-corrected chi connectivity index (χ2v) is 5.48. The minimum absolute atomic E-state index is 0.0340. The van der Waals surface area contributed by atoms with Crippen LogP contribution in [0.3, 0.4) is 0 Å². The third-order valence-electron chi connectivity index (χ3n) is 3.63. The van der Waals surface area contributed by atoms with Crippen molar-refractivity contribution < 1.29 is 22.3 Å². The van der Waals surface area contributed by atoms with Gasteiger partial charge in [-0.25, -0.2) is 4.98 Å². The van der Waals surface area contributed by atoms with Crippen LogP contribution in [-0.4, -0.2) is 36.4 Å². The van der Waals surface area contributed by atoms with Gasteiger partial charge in [0, 0.05) is 18.1 Å². The van der Waals surface area contributed by atoms with Crippen LogP contribution in [0.5, 0.6) is 5.88 Å². The molecule has 0 atom stereocenters. The first-order chi connectivity index (χ1) is 11.2. The Morgan fingerprint density at radius 1 is 1.37 bits per heavy atom. The molecule has 3 heterocycles. The lowest BCUT2D eigenvalue weighted by molar-refractivity contribution is 0.00578. The van der Waals surface area contributed by atoms with Crippen LogP contribution in [-0.2, 0) is 9.31 Å². The molecule has 1 fully saturated rings. The van der Waals surface area contributed by atoms with E-state index in [-0.39, 0.29) is 29.2 Å². The summed E-state index contributed by atoms with van der Waals surface area (Å²) >= 11 is 0. The number of aromatic nitrogens is 1. The van der Waals surface area contributed by atoms with E-state index in [1.807, 2.05) is 27.7 Å². The highest BCUT2D eigenvalue weighted by molar-refractivity contribution is 6.62. The lowest BCUT2D eigenvalue weighted by atomic mass is 9.80. The summed E-state index contributed by atoms with van der Waals surface area (Å²) in [4.78, 5) is 3.87. The summed E-state index contributed by atoms with van der Waals surface area (Å²) in [5.74, 6) is -0.338. The average molecular weight is 268 g/mol. The van der Waals surface area contributed by atoms with Gasteiger partial charge in [-0.15, -0.1) is 0 Å². The zero-order valence-electron chi connectivity index (χ0n) is 17.2. The molecule has 1 aromatic rings. The predicted molar refractivity (Wildman–Crippen MR) is 73.9 cm³/mol. The number of ether oxygens (including phenoxy) is 1. The van der Waals surface area contributed by atoms with E-state index in [0.717, 1.165) is 0 Å². The Kier molecular flexibility index (Phi) is 1.62. The molecule has 1 N–H and O–H groups in total. The van der Waals surface area contributed by atoms with Crippen molar-refractivity contribution in [1.82, 2.24) is 4.98 Å². The summed E-state index contributed by atoms with van der Waals surface area (Å²) in [6.07, 6.45) is -0.345. The van der Waals surface area contributed by atoms with Crippen molar-refractivity contribution >= 4 is 18.3 Å². The van der Waals surface area contributed by atoms with Crippen LogP contribution in [0, 0.1) is 0 Å². The van der Waals surface area contributed by atoms with Crippen LogP contribution in [0.25, 0.3) is 0 Å². The molecule has 0 radical (unpaired) electrons. The first kappa shape index (κ1) is 7.50. The quantitative estimate of drug-likeness (QED) is 0.775. The number of fused-ring (bicyclic) bond motifs is 1. The molecule has 102 valence electrons. The van der Waals surface area contributed by atoms with Gasteiger partial charge < -0.3 is 19.4 Å².